The number of hydrogen-bond acceptors (Lipinski definition) is 7. The van der Waals surface area contributed by atoms with Crippen molar-refractivity contribution in [2.24, 2.45) is 0 Å². The van der Waals surface area contributed by atoms with Gasteiger partial charge in [-0.05, 0) is 19.3 Å². The van der Waals surface area contributed by atoms with Gasteiger partial charge in [-0.1, -0.05) is 76.7 Å². The molecular formula is C26H48N2NaO6S+. The van der Waals surface area contributed by atoms with Crippen molar-refractivity contribution in [1.29, 1.82) is 0 Å². The van der Waals surface area contributed by atoms with Crippen LogP contribution in [0.3, 0.4) is 0 Å². The summed E-state index contributed by atoms with van der Waals surface area (Å²) in [7, 11) is -4.54. The summed E-state index contributed by atoms with van der Waals surface area (Å²) in [6, 6.07) is 0. The summed E-state index contributed by atoms with van der Waals surface area (Å²) < 4.78 is 34.4. The summed E-state index contributed by atoms with van der Waals surface area (Å²) in [4.78, 5) is 14.7. The maximum absolute atomic E-state index is 12.9. The van der Waals surface area contributed by atoms with E-state index < -0.39 is 22.0 Å². The predicted molar refractivity (Wildman–Crippen MR) is 139 cm³/mol. The fraction of sp³-hybridized carbons (Fsp3) is 0.846. The zero-order chi connectivity index (χ0) is 25.9. The van der Waals surface area contributed by atoms with E-state index in [0.29, 0.717) is 31.9 Å². The van der Waals surface area contributed by atoms with Gasteiger partial charge in [-0.25, -0.2) is 8.42 Å². The number of carbonyl (C=O) groups excluding carboxylic acids is 1. The maximum atomic E-state index is 12.9. The molecule has 0 aliphatic carbocycles. The zero-order valence-corrected chi connectivity index (χ0v) is 25.4. The van der Waals surface area contributed by atoms with Crippen LogP contribution in [-0.2, 0) is 14.9 Å². The number of amidine groups is 1. The number of rotatable bonds is 23. The molecule has 0 saturated heterocycles. The molecule has 0 aromatic heterocycles. The number of unbranched alkanes of at least 4 members (excludes halogenated alkanes) is 13. The number of aliphatic hydroxyl groups excluding tert-OH is 2. The third kappa shape index (κ3) is 17.3. The van der Waals surface area contributed by atoms with Crippen LogP contribution >= 0.6 is 0 Å². The molecule has 36 heavy (non-hydrogen) atoms. The second kappa shape index (κ2) is 21.6. The van der Waals surface area contributed by atoms with Crippen LogP contribution < -0.4 is 29.6 Å². The van der Waals surface area contributed by atoms with Crippen molar-refractivity contribution >= 4 is 21.7 Å². The Bertz CT molecular complexity index is 745. The molecule has 0 fully saturated rings. The molecule has 0 aromatic carbocycles. The van der Waals surface area contributed by atoms with Gasteiger partial charge in [0, 0.05) is 6.42 Å². The van der Waals surface area contributed by atoms with Gasteiger partial charge >= 0.3 is 35.4 Å². The minimum atomic E-state index is -4.54. The SMILES string of the molecule is C=CCCCCCCCCCCCCCCCC(=O)C1=[N+](CC(O)CS(=O)(=O)[O-])CCN1CCO.[Na+]. The molecule has 1 atom stereocenters. The van der Waals surface area contributed by atoms with Crippen LogP contribution in [-0.4, -0.2) is 88.9 Å². The summed E-state index contributed by atoms with van der Waals surface area (Å²) in [5, 5.41) is 19.3. The van der Waals surface area contributed by atoms with Crippen LogP contribution in [0.15, 0.2) is 12.7 Å². The Balaban J connectivity index is 0.0000122. The van der Waals surface area contributed by atoms with E-state index >= 15 is 0 Å². The van der Waals surface area contributed by atoms with Crippen molar-refractivity contribution in [2.45, 2.75) is 102 Å². The molecule has 0 amide bonds. The van der Waals surface area contributed by atoms with Gasteiger partial charge in [0.1, 0.15) is 32.3 Å². The van der Waals surface area contributed by atoms with E-state index in [4.69, 9.17) is 0 Å². The number of β-amino-alcohol motifs (C(OH)–C–C–N with tert-alkyl or cyclic N) is 2. The molecule has 1 aliphatic rings. The Morgan fingerprint density at radius 2 is 1.50 bits per heavy atom. The average molecular weight is 540 g/mol. The van der Waals surface area contributed by atoms with Gasteiger partial charge in [0.25, 0.3) is 0 Å². The Labute approximate surface area is 241 Å². The first kappa shape index (κ1) is 35.7. The van der Waals surface area contributed by atoms with Crippen LogP contribution in [0.4, 0.5) is 0 Å². The number of hydrogen-bond donors (Lipinski definition) is 2. The summed E-state index contributed by atoms with van der Waals surface area (Å²) in [5.74, 6) is -0.513. The van der Waals surface area contributed by atoms with E-state index in [0.717, 1.165) is 25.7 Å². The molecule has 10 heteroatoms. The number of Topliss-reactive ketones (excluding diaryl/α,β-unsaturated/α-hetero) is 1. The van der Waals surface area contributed by atoms with E-state index in [1.54, 1.807) is 9.48 Å². The minimum Gasteiger partial charge on any atom is -0.748 e. The van der Waals surface area contributed by atoms with E-state index in [1.807, 2.05) is 6.08 Å². The van der Waals surface area contributed by atoms with Crippen LogP contribution in [0.1, 0.15) is 96.3 Å². The first-order valence-electron chi connectivity index (χ1n) is 13.5. The van der Waals surface area contributed by atoms with Gasteiger partial charge in [-0.15, -0.1) is 6.58 Å². The fourth-order valence-corrected chi connectivity index (χ4v) is 5.27. The molecule has 0 spiro atoms. The molecule has 2 N–H and O–H groups in total. The molecule has 1 unspecified atom stereocenters. The largest absolute Gasteiger partial charge is 1.00 e. The van der Waals surface area contributed by atoms with E-state index in [9.17, 15) is 28.0 Å². The van der Waals surface area contributed by atoms with Crippen molar-refractivity contribution in [3.05, 3.63) is 12.7 Å². The quantitative estimate of drug-likeness (QED) is 0.0627. The predicted octanol–water partition coefficient (Wildman–Crippen LogP) is 0.222. The normalized spacial score (nSPS) is 14.7. The van der Waals surface area contributed by atoms with Crippen molar-refractivity contribution in [3.63, 3.8) is 0 Å². The van der Waals surface area contributed by atoms with Crippen LogP contribution in [0.2, 0.25) is 0 Å². The minimum absolute atomic E-state index is 0. The number of carbonyl (C=O) groups is 1. The van der Waals surface area contributed by atoms with Crippen molar-refractivity contribution in [1.82, 2.24) is 4.90 Å². The van der Waals surface area contributed by atoms with Gasteiger partial charge < -0.3 is 14.8 Å². The van der Waals surface area contributed by atoms with Gasteiger partial charge in [0.2, 0.25) is 5.78 Å². The first-order chi connectivity index (χ1) is 16.8. The van der Waals surface area contributed by atoms with E-state index in [1.165, 1.54) is 64.2 Å². The van der Waals surface area contributed by atoms with Gasteiger partial charge in [-0.3, -0.25) is 14.3 Å². The third-order valence-electron chi connectivity index (χ3n) is 6.50. The Hall–Kier alpha value is -0.290. The Morgan fingerprint density at radius 3 is 1.97 bits per heavy atom. The first-order valence-corrected chi connectivity index (χ1v) is 15.1. The maximum Gasteiger partial charge on any atom is 1.00 e. The smallest absolute Gasteiger partial charge is 0.748 e. The molecule has 1 rings (SSSR count). The number of aliphatic hydroxyl groups is 2. The van der Waals surface area contributed by atoms with Gasteiger partial charge in [0.05, 0.1) is 22.5 Å². The van der Waals surface area contributed by atoms with E-state index in [-0.39, 0.29) is 48.5 Å². The molecular weight excluding hydrogens is 491 g/mol. The molecule has 204 valence electrons. The number of allylic oxidation sites excluding steroid dienone is 1. The second-order valence-corrected chi connectivity index (χ2v) is 11.2. The van der Waals surface area contributed by atoms with Crippen LogP contribution in [0.5, 0.6) is 0 Å². The average Bonchev–Trinajstić information content (AvgIpc) is 3.17. The fourth-order valence-electron chi connectivity index (χ4n) is 4.70. The molecule has 8 nitrogen and oxygen atoms in total. The topological polar surface area (TPSA) is 121 Å². The molecule has 0 radical (unpaired) electrons. The standard InChI is InChI=1S/C26H48N2O6S.Na/c1-2-3-4-5-6-7-8-9-10-11-12-13-14-15-16-17-25(31)26-27(20-21-29)18-19-28(26)22-24(30)23-35(32,33)34;/h2,24,29-30H,1,3-23H2;/q;+1. The van der Waals surface area contributed by atoms with Crippen molar-refractivity contribution < 1.29 is 62.1 Å². The summed E-state index contributed by atoms with van der Waals surface area (Å²) in [5.41, 5.74) is 0. The van der Waals surface area contributed by atoms with Crippen LogP contribution in [0.25, 0.3) is 0 Å². The molecule has 1 aliphatic heterocycles. The molecule has 0 aromatic rings. The van der Waals surface area contributed by atoms with Crippen LogP contribution in [0, 0.1) is 0 Å². The summed E-state index contributed by atoms with van der Waals surface area (Å²) in [6.45, 7) is 4.85. The number of ketones is 1. The second-order valence-electron chi connectivity index (χ2n) is 9.71. The van der Waals surface area contributed by atoms with Gasteiger partial charge in [-0.2, -0.15) is 0 Å². The summed E-state index contributed by atoms with van der Waals surface area (Å²) in [6.07, 6.45) is 18.0. The van der Waals surface area contributed by atoms with Gasteiger partial charge in [0.15, 0.2) is 0 Å². The van der Waals surface area contributed by atoms with Crippen molar-refractivity contribution in [3.8, 4) is 0 Å². The van der Waals surface area contributed by atoms with Crippen molar-refractivity contribution in [2.75, 3.05) is 38.5 Å². The third-order valence-corrected chi connectivity index (χ3v) is 7.29. The molecule has 0 bridgehead atoms. The monoisotopic (exact) mass is 539 g/mol. The Kier molecular flexibility index (Phi) is 21.4. The van der Waals surface area contributed by atoms with E-state index in [2.05, 4.69) is 6.58 Å². The zero-order valence-electron chi connectivity index (χ0n) is 22.5. The Morgan fingerprint density at radius 1 is 1.00 bits per heavy atom. The molecule has 1 heterocycles. The number of nitrogens with zero attached hydrogens (tertiary/aromatic N) is 2. The molecule has 0 saturated carbocycles. The summed E-state index contributed by atoms with van der Waals surface area (Å²) >= 11 is 0.